The molecule has 0 aliphatic carbocycles. The molecule has 0 saturated carbocycles. The molecule has 3 fully saturated rings. The van der Waals surface area contributed by atoms with Gasteiger partial charge in [0.05, 0.1) is 37.5 Å². The first kappa shape index (κ1) is 36.9. The second kappa shape index (κ2) is 17.8. The van der Waals surface area contributed by atoms with Crippen molar-refractivity contribution in [1.82, 2.24) is 14.1 Å². The number of aliphatic hydroxyl groups excluding tert-OH is 2. The summed E-state index contributed by atoms with van der Waals surface area (Å²) < 4.78 is 30.9. The van der Waals surface area contributed by atoms with Crippen LogP contribution in [0.4, 0.5) is 0 Å². The fourth-order valence-corrected chi connectivity index (χ4v) is 7.24. The third-order valence-corrected chi connectivity index (χ3v) is 9.38. The van der Waals surface area contributed by atoms with E-state index >= 15 is 0 Å². The van der Waals surface area contributed by atoms with Gasteiger partial charge in [-0.3, -0.25) is 14.5 Å². The van der Waals surface area contributed by atoms with Crippen molar-refractivity contribution in [3.8, 4) is 0 Å². The Morgan fingerprint density at radius 1 is 0.907 bits per heavy atom. The van der Waals surface area contributed by atoms with E-state index in [1.165, 1.54) is 32.2 Å². The van der Waals surface area contributed by atoms with Crippen molar-refractivity contribution >= 4 is 33.8 Å². The molecule has 3 aliphatic heterocycles. The van der Waals surface area contributed by atoms with Gasteiger partial charge in [0.15, 0.2) is 12.2 Å². The van der Waals surface area contributed by atoms with Crippen LogP contribution in [0.15, 0.2) is 0 Å². The molecule has 3 saturated heterocycles. The van der Waals surface area contributed by atoms with E-state index in [-0.39, 0.29) is 23.9 Å². The summed E-state index contributed by atoms with van der Waals surface area (Å²) in [7, 11) is -3.61. The largest absolute Gasteiger partial charge is 0.479 e. The van der Waals surface area contributed by atoms with Gasteiger partial charge < -0.3 is 30.1 Å². The van der Waals surface area contributed by atoms with Crippen LogP contribution in [-0.2, 0) is 33.9 Å². The van der Waals surface area contributed by atoms with Crippen LogP contribution in [0.5, 0.6) is 0 Å². The first-order chi connectivity index (χ1) is 20.3. The van der Waals surface area contributed by atoms with Gasteiger partial charge in [-0.05, 0) is 32.2 Å². The molecule has 0 aromatic carbocycles. The van der Waals surface area contributed by atoms with Crippen molar-refractivity contribution in [2.24, 2.45) is 5.92 Å². The highest BCUT2D eigenvalue weighted by Crippen LogP contribution is 2.40. The second-order valence-electron chi connectivity index (χ2n) is 11.5. The van der Waals surface area contributed by atoms with Crippen LogP contribution in [0.1, 0.15) is 77.6 Å². The van der Waals surface area contributed by atoms with Crippen molar-refractivity contribution in [3.05, 3.63) is 0 Å². The molecule has 248 valence electrons. The first-order valence-electron chi connectivity index (χ1n) is 15.3. The lowest BCUT2D eigenvalue weighted by atomic mass is 9.94. The predicted molar refractivity (Wildman–Crippen MR) is 155 cm³/mol. The Balaban J connectivity index is 0.000000553. The second-order valence-corrected chi connectivity index (χ2v) is 13.3. The SMILES string of the molecule is CCC[C@H]1C(=O)N(S(C)(=O)=O)[C@H]2CCN(C(=O)CCCCCCCCCN3CCOCC3)[C@H]12.O=C(O)C(O)C(O)C(=O)O. The molecule has 5 atom stereocenters. The number of hydrogen-bond acceptors (Lipinski definition) is 10. The van der Waals surface area contributed by atoms with Crippen LogP contribution in [0.3, 0.4) is 0 Å². The number of sulfonamides is 1. The van der Waals surface area contributed by atoms with E-state index in [1.54, 1.807) is 0 Å². The van der Waals surface area contributed by atoms with Gasteiger partial charge in [0.2, 0.25) is 21.8 Å². The number of likely N-dealkylation sites (tertiary alicyclic amines) is 1. The molecule has 3 rings (SSSR count). The minimum absolute atomic E-state index is 0.0808. The maximum Gasteiger partial charge on any atom is 0.335 e. The number of unbranched alkanes of at least 4 members (excludes halogenated alkanes) is 6. The summed E-state index contributed by atoms with van der Waals surface area (Å²) in [5.41, 5.74) is 0. The highest BCUT2D eigenvalue weighted by atomic mass is 32.2. The lowest BCUT2D eigenvalue weighted by molar-refractivity contribution is -0.165. The minimum Gasteiger partial charge on any atom is -0.479 e. The van der Waals surface area contributed by atoms with E-state index in [0.717, 1.165) is 62.5 Å². The molecule has 3 heterocycles. The van der Waals surface area contributed by atoms with Crippen molar-refractivity contribution in [2.75, 3.05) is 45.6 Å². The molecule has 4 N–H and O–H groups in total. The highest BCUT2D eigenvalue weighted by Gasteiger charge is 2.56. The van der Waals surface area contributed by atoms with Crippen LogP contribution >= 0.6 is 0 Å². The summed E-state index contributed by atoms with van der Waals surface area (Å²) in [5, 5.41) is 32.5. The van der Waals surface area contributed by atoms with E-state index in [2.05, 4.69) is 4.90 Å². The quantitative estimate of drug-likeness (QED) is 0.171. The molecule has 0 aromatic heterocycles. The zero-order valence-electron chi connectivity index (χ0n) is 25.3. The maximum atomic E-state index is 13.0. The molecule has 14 nitrogen and oxygen atoms in total. The van der Waals surface area contributed by atoms with Gasteiger partial charge in [-0.1, -0.05) is 45.4 Å². The molecule has 3 aliphatic rings. The van der Waals surface area contributed by atoms with Gasteiger partial charge in [-0.15, -0.1) is 0 Å². The number of fused-ring (bicyclic) bond motifs is 1. The van der Waals surface area contributed by atoms with E-state index in [0.29, 0.717) is 25.8 Å². The van der Waals surface area contributed by atoms with E-state index < -0.39 is 40.1 Å². The molecular formula is C28H49N3O11S. The number of aliphatic carboxylic acids is 2. The van der Waals surface area contributed by atoms with Crippen molar-refractivity contribution in [2.45, 2.75) is 102 Å². The molecule has 2 amide bonds. The fourth-order valence-electron chi connectivity index (χ4n) is 6.05. The van der Waals surface area contributed by atoms with Crippen LogP contribution in [0.25, 0.3) is 0 Å². The first-order valence-corrected chi connectivity index (χ1v) is 17.1. The zero-order valence-corrected chi connectivity index (χ0v) is 26.1. The number of carboxylic acid groups (broad SMARTS) is 2. The molecule has 2 unspecified atom stereocenters. The molecule has 0 spiro atoms. The monoisotopic (exact) mass is 635 g/mol. The molecule has 0 radical (unpaired) electrons. The number of carbonyl (C=O) groups excluding carboxylic acids is 2. The third-order valence-electron chi connectivity index (χ3n) is 8.22. The number of ether oxygens (including phenoxy) is 1. The average molecular weight is 636 g/mol. The molecule has 15 heteroatoms. The van der Waals surface area contributed by atoms with Crippen molar-refractivity contribution in [3.63, 3.8) is 0 Å². The number of hydrogen-bond donors (Lipinski definition) is 4. The number of carboxylic acids is 2. The van der Waals surface area contributed by atoms with Crippen LogP contribution in [-0.4, -0.2) is 137 Å². The number of aliphatic hydroxyl groups is 2. The van der Waals surface area contributed by atoms with Crippen molar-refractivity contribution < 1.29 is 52.8 Å². The van der Waals surface area contributed by atoms with E-state index in [1.807, 2.05) is 11.8 Å². The predicted octanol–water partition coefficient (Wildman–Crippen LogP) is 0.504. The molecule has 0 aromatic rings. The Kier molecular flexibility index (Phi) is 15.3. The smallest absolute Gasteiger partial charge is 0.335 e. The van der Waals surface area contributed by atoms with Gasteiger partial charge in [0, 0.05) is 26.1 Å². The number of carbonyl (C=O) groups is 4. The summed E-state index contributed by atoms with van der Waals surface area (Å²) in [6.07, 6.45) is 7.06. The minimum atomic E-state index is -3.61. The van der Waals surface area contributed by atoms with Crippen LogP contribution < -0.4 is 0 Å². The summed E-state index contributed by atoms with van der Waals surface area (Å²) in [4.78, 5) is 49.6. The van der Waals surface area contributed by atoms with Gasteiger partial charge in [-0.25, -0.2) is 22.3 Å². The van der Waals surface area contributed by atoms with E-state index in [4.69, 9.17) is 25.2 Å². The zero-order chi connectivity index (χ0) is 32.2. The highest BCUT2D eigenvalue weighted by molar-refractivity contribution is 7.88. The third kappa shape index (κ3) is 11.0. The molecule has 0 bridgehead atoms. The number of amides is 2. The molecule has 43 heavy (non-hydrogen) atoms. The van der Waals surface area contributed by atoms with Crippen molar-refractivity contribution in [1.29, 1.82) is 0 Å². The topological polar surface area (TPSA) is 202 Å². The summed E-state index contributed by atoms with van der Waals surface area (Å²) in [5.74, 6) is -4.17. The average Bonchev–Trinajstić information content (AvgIpc) is 3.49. The lowest BCUT2D eigenvalue weighted by Crippen LogP contribution is -2.43. The molecular weight excluding hydrogens is 586 g/mol. The Labute approximate surface area is 254 Å². The Morgan fingerprint density at radius 3 is 1.95 bits per heavy atom. The fraction of sp³-hybridized carbons (Fsp3) is 0.857. The summed E-state index contributed by atoms with van der Waals surface area (Å²) in [6, 6.07) is -0.670. The Hall–Kier alpha value is -2.33. The maximum absolute atomic E-state index is 13.0. The number of morpholine rings is 1. The lowest BCUT2D eigenvalue weighted by Gasteiger charge is -2.27. The Morgan fingerprint density at radius 2 is 1.44 bits per heavy atom. The number of nitrogens with zero attached hydrogens (tertiary/aromatic N) is 3. The summed E-state index contributed by atoms with van der Waals surface area (Å²) >= 11 is 0. The van der Waals surface area contributed by atoms with Crippen LogP contribution in [0, 0.1) is 5.92 Å². The Bertz CT molecular complexity index is 1020. The van der Waals surface area contributed by atoms with Gasteiger partial charge >= 0.3 is 11.9 Å². The normalized spacial score (nSPS) is 23.8. The van der Waals surface area contributed by atoms with Gasteiger partial charge in [0.1, 0.15) is 0 Å². The number of rotatable bonds is 16. The van der Waals surface area contributed by atoms with Crippen LogP contribution in [0.2, 0.25) is 0 Å². The van der Waals surface area contributed by atoms with E-state index in [9.17, 15) is 27.6 Å². The standard InChI is InChI=1S/C24H43N3O5S.C4H6O6/c1-3-11-20-23-21(27(24(20)29)33(2,30)31)13-15-26(23)22(28)12-9-7-5-4-6-8-10-14-25-16-18-32-19-17-25;5-1(3(7)8)2(6)4(9)10/h20-21,23H,3-19H2,1-2H3;1-2,5-6H,(H,7,8)(H,9,10)/t20-,21+,23-;/m1./s1. The van der Waals surface area contributed by atoms with Gasteiger partial charge in [-0.2, -0.15) is 0 Å². The van der Waals surface area contributed by atoms with Gasteiger partial charge in [0.25, 0.3) is 0 Å². The summed E-state index contributed by atoms with van der Waals surface area (Å²) in [6.45, 7) is 7.57.